The van der Waals surface area contributed by atoms with Crippen LogP contribution in [-0.2, 0) is 6.42 Å². The van der Waals surface area contributed by atoms with E-state index in [1.165, 1.54) is 12.1 Å². The molecular formula is C12H19N3. The van der Waals surface area contributed by atoms with Gasteiger partial charge in [-0.15, -0.1) is 0 Å². The number of rotatable bonds is 3. The fourth-order valence-corrected chi connectivity index (χ4v) is 2.04. The van der Waals surface area contributed by atoms with Crippen molar-refractivity contribution in [3.05, 3.63) is 23.9 Å². The van der Waals surface area contributed by atoms with Gasteiger partial charge in [0.2, 0.25) is 0 Å². The summed E-state index contributed by atoms with van der Waals surface area (Å²) in [5.74, 6) is 1.13. The van der Waals surface area contributed by atoms with E-state index in [-0.39, 0.29) is 0 Å². The highest BCUT2D eigenvalue weighted by atomic mass is 15.2. The largest absolute Gasteiger partial charge is 0.355 e. The molecule has 0 radical (unpaired) electrons. The van der Waals surface area contributed by atoms with E-state index in [9.17, 15) is 0 Å². The lowest BCUT2D eigenvalue weighted by molar-refractivity contribution is 0.616. The molecule has 2 heterocycles. The zero-order chi connectivity index (χ0) is 10.7. The minimum Gasteiger partial charge on any atom is -0.355 e. The molecule has 2 rings (SSSR count). The van der Waals surface area contributed by atoms with Gasteiger partial charge in [0, 0.05) is 24.8 Å². The summed E-state index contributed by atoms with van der Waals surface area (Å²) < 4.78 is 0. The molecule has 0 spiro atoms. The van der Waals surface area contributed by atoms with Crippen molar-refractivity contribution in [2.24, 2.45) is 0 Å². The van der Waals surface area contributed by atoms with Crippen molar-refractivity contribution in [1.29, 1.82) is 0 Å². The zero-order valence-electron chi connectivity index (χ0n) is 9.53. The number of anilines is 1. The van der Waals surface area contributed by atoms with Crippen molar-refractivity contribution >= 4 is 5.82 Å². The number of likely N-dealkylation sites (N-methyl/N-ethyl adjacent to an activating group) is 1. The Labute approximate surface area is 91.5 Å². The standard InChI is InChI=1S/C12H19N3/c1-3-10-5-4-6-12(14-10)15-8-7-11(9-15)13-2/h4-6,11,13H,3,7-9H2,1-2H3/t11-/m0/s1. The van der Waals surface area contributed by atoms with Crippen molar-refractivity contribution in [2.75, 3.05) is 25.0 Å². The van der Waals surface area contributed by atoms with Gasteiger partial charge in [-0.3, -0.25) is 0 Å². The maximum absolute atomic E-state index is 4.64. The Morgan fingerprint density at radius 2 is 2.40 bits per heavy atom. The third-order valence-electron chi connectivity index (χ3n) is 3.07. The van der Waals surface area contributed by atoms with E-state index >= 15 is 0 Å². The summed E-state index contributed by atoms with van der Waals surface area (Å²) in [6.07, 6.45) is 2.23. The summed E-state index contributed by atoms with van der Waals surface area (Å²) in [4.78, 5) is 7.00. The molecule has 1 aromatic heterocycles. The molecule has 1 aromatic rings. The monoisotopic (exact) mass is 205 g/mol. The average molecular weight is 205 g/mol. The van der Waals surface area contributed by atoms with Gasteiger partial charge in [-0.05, 0) is 32.0 Å². The van der Waals surface area contributed by atoms with Crippen LogP contribution in [0.1, 0.15) is 19.0 Å². The molecule has 0 unspecified atom stereocenters. The lowest BCUT2D eigenvalue weighted by atomic mass is 10.3. The first kappa shape index (κ1) is 10.4. The molecule has 1 aliphatic heterocycles. The first-order valence-corrected chi connectivity index (χ1v) is 5.71. The molecule has 0 amide bonds. The molecule has 0 aromatic carbocycles. The SMILES string of the molecule is CCc1cccc(N2CC[C@H](NC)C2)n1. The van der Waals surface area contributed by atoms with Gasteiger partial charge in [-0.25, -0.2) is 4.98 Å². The molecule has 3 heteroatoms. The fourth-order valence-electron chi connectivity index (χ4n) is 2.04. The molecule has 15 heavy (non-hydrogen) atoms. The summed E-state index contributed by atoms with van der Waals surface area (Å²) in [6.45, 7) is 4.34. The molecule has 1 saturated heterocycles. The number of aromatic nitrogens is 1. The van der Waals surface area contributed by atoms with Crippen LogP contribution < -0.4 is 10.2 Å². The van der Waals surface area contributed by atoms with E-state index in [0.29, 0.717) is 6.04 Å². The predicted molar refractivity (Wildman–Crippen MR) is 63.3 cm³/mol. The molecule has 1 N–H and O–H groups in total. The van der Waals surface area contributed by atoms with Gasteiger partial charge in [0.15, 0.2) is 0 Å². The lowest BCUT2D eigenvalue weighted by Crippen LogP contribution is -2.29. The molecule has 1 atom stereocenters. The second-order valence-electron chi connectivity index (χ2n) is 4.06. The minimum absolute atomic E-state index is 0.622. The van der Waals surface area contributed by atoms with Gasteiger partial charge in [0.1, 0.15) is 5.82 Å². The molecule has 0 aliphatic carbocycles. The highest BCUT2D eigenvalue weighted by Gasteiger charge is 2.21. The normalized spacial score (nSPS) is 20.9. The molecule has 1 aliphatic rings. The van der Waals surface area contributed by atoms with E-state index in [4.69, 9.17) is 0 Å². The maximum atomic E-state index is 4.64. The van der Waals surface area contributed by atoms with E-state index in [2.05, 4.69) is 40.3 Å². The second kappa shape index (κ2) is 4.62. The highest BCUT2D eigenvalue weighted by Crippen LogP contribution is 2.18. The van der Waals surface area contributed by atoms with Crippen LogP contribution in [-0.4, -0.2) is 31.2 Å². The number of pyridine rings is 1. The second-order valence-corrected chi connectivity index (χ2v) is 4.06. The van der Waals surface area contributed by atoms with Crippen molar-refractivity contribution < 1.29 is 0 Å². The van der Waals surface area contributed by atoms with Gasteiger partial charge >= 0.3 is 0 Å². The van der Waals surface area contributed by atoms with Crippen LogP contribution in [0.3, 0.4) is 0 Å². The fraction of sp³-hybridized carbons (Fsp3) is 0.583. The first-order chi connectivity index (χ1) is 7.33. The molecule has 0 saturated carbocycles. The number of aryl methyl sites for hydroxylation is 1. The van der Waals surface area contributed by atoms with E-state index in [0.717, 1.165) is 25.3 Å². The summed E-state index contributed by atoms with van der Waals surface area (Å²) in [7, 11) is 2.03. The Morgan fingerprint density at radius 3 is 3.07 bits per heavy atom. The number of nitrogens with zero attached hydrogens (tertiary/aromatic N) is 2. The summed E-state index contributed by atoms with van der Waals surface area (Å²) >= 11 is 0. The minimum atomic E-state index is 0.622. The van der Waals surface area contributed by atoms with Crippen molar-refractivity contribution in [3.63, 3.8) is 0 Å². The number of hydrogen-bond acceptors (Lipinski definition) is 3. The van der Waals surface area contributed by atoms with Crippen LogP contribution in [0.15, 0.2) is 18.2 Å². The van der Waals surface area contributed by atoms with Crippen LogP contribution >= 0.6 is 0 Å². The Hall–Kier alpha value is -1.09. The average Bonchev–Trinajstić information content (AvgIpc) is 2.78. The molecule has 1 fully saturated rings. The quantitative estimate of drug-likeness (QED) is 0.809. The Morgan fingerprint density at radius 1 is 1.53 bits per heavy atom. The van der Waals surface area contributed by atoms with Gasteiger partial charge in [0.25, 0.3) is 0 Å². The van der Waals surface area contributed by atoms with Crippen LogP contribution in [0.25, 0.3) is 0 Å². The van der Waals surface area contributed by atoms with Gasteiger partial charge in [-0.1, -0.05) is 13.0 Å². The van der Waals surface area contributed by atoms with Crippen LogP contribution in [0.4, 0.5) is 5.82 Å². The Balaban J connectivity index is 2.09. The third kappa shape index (κ3) is 2.29. The summed E-state index contributed by atoms with van der Waals surface area (Å²) in [6, 6.07) is 6.93. The van der Waals surface area contributed by atoms with E-state index in [1.807, 2.05) is 7.05 Å². The van der Waals surface area contributed by atoms with Crippen molar-refractivity contribution in [1.82, 2.24) is 10.3 Å². The lowest BCUT2D eigenvalue weighted by Gasteiger charge is -2.17. The highest BCUT2D eigenvalue weighted by molar-refractivity contribution is 5.40. The van der Waals surface area contributed by atoms with Crippen molar-refractivity contribution in [3.8, 4) is 0 Å². The molecule has 0 bridgehead atoms. The van der Waals surface area contributed by atoms with Crippen molar-refractivity contribution in [2.45, 2.75) is 25.8 Å². The Kier molecular flexibility index (Phi) is 3.21. The van der Waals surface area contributed by atoms with Gasteiger partial charge < -0.3 is 10.2 Å². The smallest absolute Gasteiger partial charge is 0.128 e. The maximum Gasteiger partial charge on any atom is 0.128 e. The van der Waals surface area contributed by atoms with Gasteiger partial charge in [-0.2, -0.15) is 0 Å². The van der Waals surface area contributed by atoms with Gasteiger partial charge in [0.05, 0.1) is 0 Å². The first-order valence-electron chi connectivity index (χ1n) is 5.71. The zero-order valence-corrected chi connectivity index (χ0v) is 9.53. The van der Waals surface area contributed by atoms with Crippen LogP contribution in [0.2, 0.25) is 0 Å². The Bertz CT molecular complexity index is 324. The molecule has 3 nitrogen and oxygen atoms in total. The summed E-state index contributed by atoms with van der Waals surface area (Å²) in [5.41, 5.74) is 1.18. The number of nitrogens with one attached hydrogen (secondary N) is 1. The summed E-state index contributed by atoms with van der Waals surface area (Å²) in [5, 5.41) is 3.32. The molecular weight excluding hydrogens is 186 g/mol. The third-order valence-corrected chi connectivity index (χ3v) is 3.07. The van der Waals surface area contributed by atoms with Crippen LogP contribution in [0, 0.1) is 0 Å². The van der Waals surface area contributed by atoms with E-state index < -0.39 is 0 Å². The van der Waals surface area contributed by atoms with Crippen LogP contribution in [0.5, 0.6) is 0 Å². The topological polar surface area (TPSA) is 28.2 Å². The number of hydrogen-bond donors (Lipinski definition) is 1. The molecule has 82 valence electrons. The predicted octanol–water partition coefficient (Wildman–Crippen LogP) is 1.44. The van der Waals surface area contributed by atoms with E-state index in [1.54, 1.807) is 0 Å².